The van der Waals surface area contributed by atoms with Crippen molar-refractivity contribution in [3.05, 3.63) is 119 Å². The number of Topliss-reactive ketones (excluding diaryl/α,β-unsaturated/α-hetero) is 1. The topological polar surface area (TPSA) is 108 Å². The largest absolute Gasteiger partial charge is 0.497 e. The number of allylic oxidation sites excluding steroid dienone is 4. The summed E-state index contributed by atoms with van der Waals surface area (Å²) >= 11 is 1.55. The minimum Gasteiger partial charge on any atom is -0.497 e. The summed E-state index contributed by atoms with van der Waals surface area (Å²) in [6.45, 7) is 6.95. The van der Waals surface area contributed by atoms with Crippen molar-refractivity contribution in [1.29, 1.82) is 0 Å². The summed E-state index contributed by atoms with van der Waals surface area (Å²) in [6, 6.07) is 25.2. The number of rotatable bonds is 10. The van der Waals surface area contributed by atoms with Gasteiger partial charge < -0.3 is 29.9 Å². The highest BCUT2D eigenvalue weighted by atomic mass is 32.1. The van der Waals surface area contributed by atoms with E-state index in [-0.39, 0.29) is 48.2 Å². The number of aliphatic hydroxyl groups is 2. The summed E-state index contributed by atoms with van der Waals surface area (Å²) in [5.74, 6) is 1.45. The first kappa shape index (κ1) is 39.0. The average molecular weight is 801 g/mol. The van der Waals surface area contributed by atoms with Crippen LogP contribution in [0.25, 0.3) is 10.1 Å². The molecule has 4 aromatic rings. The number of urea groups is 1. The van der Waals surface area contributed by atoms with E-state index in [1.54, 1.807) is 30.5 Å². The fraction of sp³-hybridized carbons (Fsp3) is 0.469. The van der Waals surface area contributed by atoms with Crippen LogP contribution >= 0.6 is 11.3 Å². The van der Waals surface area contributed by atoms with Gasteiger partial charge in [-0.15, -0.1) is 11.3 Å². The zero-order valence-corrected chi connectivity index (χ0v) is 35.1. The van der Waals surface area contributed by atoms with E-state index < -0.39 is 27.9 Å². The third-order valence-electron chi connectivity index (χ3n) is 15.8. The fourth-order valence-corrected chi connectivity index (χ4v) is 13.6. The van der Waals surface area contributed by atoms with Crippen molar-refractivity contribution in [2.75, 3.05) is 20.8 Å². The van der Waals surface area contributed by atoms with Gasteiger partial charge in [-0.3, -0.25) is 4.79 Å². The second-order valence-corrected chi connectivity index (χ2v) is 19.5. The Labute approximate surface area is 345 Å². The maximum atomic E-state index is 15.2. The van der Waals surface area contributed by atoms with Crippen LogP contribution in [0.15, 0.2) is 103 Å². The first-order valence-electron chi connectivity index (χ1n) is 21.0. The lowest BCUT2D eigenvalue weighted by molar-refractivity contribution is -0.174. The predicted molar refractivity (Wildman–Crippen MR) is 228 cm³/mol. The van der Waals surface area contributed by atoms with Gasteiger partial charge in [-0.2, -0.15) is 0 Å². The molecule has 9 heteroatoms. The smallest absolute Gasteiger partial charge is 0.318 e. The molecule has 3 aromatic carbocycles. The molecular weight excluding hydrogens is 745 g/mol. The molecule has 0 saturated heterocycles. The van der Waals surface area contributed by atoms with Crippen LogP contribution in [-0.2, 0) is 6.54 Å². The van der Waals surface area contributed by atoms with Crippen LogP contribution in [0.5, 0.6) is 11.5 Å². The van der Waals surface area contributed by atoms with E-state index in [2.05, 4.69) is 49.5 Å². The zero-order valence-electron chi connectivity index (χ0n) is 34.3. The maximum absolute atomic E-state index is 15.2. The first-order valence-corrected chi connectivity index (χ1v) is 21.8. The lowest BCUT2D eigenvalue weighted by atomic mass is 9.32. The molecule has 6 aliphatic rings. The Morgan fingerprint density at radius 1 is 0.897 bits per heavy atom. The maximum Gasteiger partial charge on any atom is 0.318 e. The number of carbonyl (C=O) groups excluding carboxylic acids is 2. The van der Waals surface area contributed by atoms with Crippen molar-refractivity contribution in [1.82, 2.24) is 10.2 Å². The number of fused-ring (bicyclic) bond motifs is 2. The highest BCUT2D eigenvalue weighted by Crippen LogP contribution is 2.78. The zero-order chi connectivity index (χ0) is 40.7. The van der Waals surface area contributed by atoms with Gasteiger partial charge in [0.25, 0.3) is 0 Å². The summed E-state index contributed by atoms with van der Waals surface area (Å²) in [5.41, 5.74) is -0.388. The highest BCUT2D eigenvalue weighted by molar-refractivity contribution is 7.21. The summed E-state index contributed by atoms with van der Waals surface area (Å²) in [7, 11) is 3.23. The van der Waals surface area contributed by atoms with E-state index in [1.807, 2.05) is 73.7 Å². The van der Waals surface area contributed by atoms with Crippen LogP contribution in [0.3, 0.4) is 0 Å². The van der Waals surface area contributed by atoms with Gasteiger partial charge in [-0.25, -0.2) is 4.79 Å². The highest BCUT2D eigenvalue weighted by Gasteiger charge is 2.74. The molecule has 8 nitrogen and oxygen atoms in total. The molecule has 304 valence electrons. The van der Waals surface area contributed by atoms with Gasteiger partial charge in [0.1, 0.15) is 11.5 Å². The molecule has 2 bridgehead atoms. The van der Waals surface area contributed by atoms with Crippen LogP contribution in [0.2, 0.25) is 0 Å². The quantitative estimate of drug-likeness (QED) is 0.109. The lowest BCUT2D eigenvalue weighted by Gasteiger charge is -2.71. The van der Waals surface area contributed by atoms with Crippen LogP contribution in [0.1, 0.15) is 92.6 Å². The number of thiophene rings is 1. The number of benzene rings is 3. The molecule has 1 unspecified atom stereocenters. The van der Waals surface area contributed by atoms with Gasteiger partial charge in [0.15, 0.2) is 5.78 Å². The van der Waals surface area contributed by atoms with Gasteiger partial charge >= 0.3 is 6.03 Å². The van der Waals surface area contributed by atoms with E-state index >= 15 is 4.79 Å². The second-order valence-electron chi connectivity index (χ2n) is 18.4. The van der Waals surface area contributed by atoms with E-state index in [0.717, 1.165) is 63.8 Å². The number of aliphatic hydroxyl groups excluding tert-OH is 1. The Balaban J connectivity index is 1.11. The molecule has 3 fully saturated rings. The Hall–Kier alpha value is -4.44. The normalized spacial score (nSPS) is 33.7. The Morgan fingerprint density at radius 2 is 1.62 bits per heavy atom. The molecule has 2 spiro atoms. The summed E-state index contributed by atoms with van der Waals surface area (Å²) < 4.78 is 12.4. The number of amides is 2. The molecule has 9 atom stereocenters. The number of ketones is 1. The molecule has 3 saturated carbocycles. The van der Waals surface area contributed by atoms with Crippen LogP contribution in [0.4, 0.5) is 4.79 Å². The Bertz CT molecular complexity index is 2290. The summed E-state index contributed by atoms with van der Waals surface area (Å²) in [4.78, 5) is 32.3. The Morgan fingerprint density at radius 3 is 2.38 bits per heavy atom. The van der Waals surface area contributed by atoms with Gasteiger partial charge in [0.05, 0.1) is 49.9 Å². The molecule has 0 radical (unpaired) electrons. The number of hydrogen-bond acceptors (Lipinski definition) is 7. The van der Waals surface area contributed by atoms with E-state index in [9.17, 15) is 15.0 Å². The van der Waals surface area contributed by atoms with Crippen molar-refractivity contribution in [2.45, 2.75) is 90.0 Å². The molecule has 3 N–H and O–H groups in total. The van der Waals surface area contributed by atoms with Crippen LogP contribution in [0, 0.1) is 33.5 Å². The molecule has 6 aliphatic carbocycles. The monoisotopic (exact) mass is 800 g/mol. The van der Waals surface area contributed by atoms with Crippen molar-refractivity contribution in [2.24, 2.45) is 33.5 Å². The SMILES string of the molecule is COc1ccc(CN(C[C@]2(O)CC[C@H]3[C@]45C=C[C@@]6(C=C4C(=O)c4cc7ccccc7s4)CC(O)CC[C@]6(C)[C@H]5CC[C@@]32C)C(=O)N[C@H](C)c2ccccc2)c(OC)c1. The van der Waals surface area contributed by atoms with Gasteiger partial charge in [-0.05, 0) is 104 Å². The molecular formula is C49H56N2O6S. The van der Waals surface area contributed by atoms with E-state index in [0.29, 0.717) is 24.3 Å². The average Bonchev–Trinajstić information content (AvgIpc) is 3.78. The minimum absolute atomic E-state index is 0.0461. The number of hydrogen-bond donors (Lipinski definition) is 3. The van der Waals surface area contributed by atoms with Gasteiger partial charge in [0, 0.05) is 38.1 Å². The van der Waals surface area contributed by atoms with Crippen molar-refractivity contribution < 1.29 is 29.3 Å². The molecule has 1 heterocycles. The molecule has 58 heavy (non-hydrogen) atoms. The summed E-state index contributed by atoms with van der Waals surface area (Å²) in [5, 5.41) is 28.8. The third-order valence-corrected chi connectivity index (χ3v) is 17.0. The first-order chi connectivity index (χ1) is 27.8. The number of nitrogens with one attached hydrogen (secondary N) is 1. The Kier molecular flexibility index (Phi) is 9.49. The number of ether oxygens (including phenoxy) is 2. The minimum atomic E-state index is -1.25. The van der Waals surface area contributed by atoms with Crippen LogP contribution in [-0.4, -0.2) is 59.4 Å². The number of nitrogens with zero attached hydrogens (tertiary/aromatic N) is 1. The molecule has 2 amide bonds. The van der Waals surface area contributed by atoms with E-state index in [1.165, 1.54) is 0 Å². The molecule has 1 aromatic heterocycles. The van der Waals surface area contributed by atoms with Crippen molar-refractivity contribution in [3.63, 3.8) is 0 Å². The van der Waals surface area contributed by atoms with Crippen molar-refractivity contribution in [3.8, 4) is 11.5 Å². The fourth-order valence-electron chi connectivity index (χ4n) is 12.6. The second kappa shape index (κ2) is 14.1. The number of methoxy groups -OCH3 is 2. The van der Waals surface area contributed by atoms with Gasteiger partial charge in [0.2, 0.25) is 0 Å². The molecule has 0 aliphatic heterocycles. The van der Waals surface area contributed by atoms with Crippen molar-refractivity contribution >= 4 is 33.2 Å². The van der Waals surface area contributed by atoms with Gasteiger partial charge in [-0.1, -0.05) is 80.6 Å². The number of carbonyl (C=O) groups is 2. The summed E-state index contributed by atoms with van der Waals surface area (Å²) in [6.07, 6.45) is 11.6. The third kappa shape index (κ3) is 5.74. The predicted octanol–water partition coefficient (Wildman–Crippen LogP) is 9.67. The standard InChI is InChI=1S/C49H56N2O6S/c1-31(32-11-7-6-8-12-32)50-44(54)51(29-34-15-16-36(56-4)26-38(34)57-5)30-48(55)22-19-42-46(48,3)21-18-41-45(2)20-17-35(52)27-47(45)23-24-49(41,42)37(28-47)43(53)40-25-33-13-9-10-14-39(33)58-40/h6-16,23-26,28,31,35,41-42,52,55H,17-22,27,29-30H2,1-5H3,(H,50,54)/t31-,35?,41-,42-,45-,46+,47+,48-,49-/m1/s1. The van der Waals surface area contributed by atoms with E-state index in [4.69, 9.17) is 9.47 Å². The lowest BCUT2D eigenvalue weighted by Crippen LogP contribution is -2.67. The molecule has 10 rings (SSSR count). The van der Waals surface area contributed by atoms with Crippen LogP contribution < -0.4 is 14.8 Å².